The van der Waals surface area contributed by atoms with Gasteiger partial charge in [0.1, 0.15) is 0 Å². The molecular weight excluding hydrogens is 449 g/mol. The van der Waals surface area contributed by atoms with Crippen molar-refractivity contribution in [1.82, 2.24) is 4.90 Å². The van der Waals surface area contributed by atoms with E-state index in [0.717, 1.165) is 11.1 Å². The van der Waals surface area contributed by atoms with Crippen LogP contribution in [0.4, 0.5) is 0 Å². The molecule has 0 saturated carbocycles. The molecule has 5 nitrogen and oxygen atoms in total. The van der Waals surface area contributed by atoms with Crippen LogP contribution in [0.5, 0.6) is 0 Å². The van der Waals surface area contributed by atoms with Gasteiger partial charge in [-0.15, -0.1) is 0 Å². The minimum absolute atomic E-state index is 0.218. The van der Waals surface area contributed by atoms with Gasteiger partial charge in [-0.25, -0.2) is 0 Å². The first-order chi connectivity index (χ1) is 15.1. The summed E-state index contributed by atoms with van der Waals surface area (Å²) in [5.41, 5.74) is 0.681. The average Bonchev–Trinajstić information content (AvgIpc) is 2.71. The molecular formula is C25H29Cl2NO4. The fraction of sp³-hybridized carbons (Fsp3) is 0.440. The minimum atomic E-state index is -1.12. The Bertz CT molecular complexity index is 978. The summed E-state index contributed by atoms with van der Waals surface area (Å²) in [5.74, 6) is -1.50. The number of carboxylic acid groups (broad SMARTS) is 1. The lowest BCUT2D eigenvalue weighted by molar-refractivity contribution is -0.163. The third-order valence-electron chi connectivity index (χ3n) is 6.46. The second kappa shape index (κ2) is 9.82. The molecule has 1 fully saturated rings. The van der Waals surface area contributed by atoms with Crippen LogP contribution in [0.2, 0.25) is 10.0 Å². The van der Waals surface area contributed by atoms with Crippen molar-refractivity contribution in [3.63, 3.8) is 0 Å². The zero-order chi connectivity index (χ0) is 23.6. The zero-order valence-electron chi connectivity index (χ0n) is 18.5. The molecule has 1 unspecified atom stereocenters. The molecule has 1 heterocycles. The molecule has 2 aromatic carbocycles. The summed E-state index contributed by atoms with van der Waals surface area (Å²) < 4.78 is 0. The van der Waals surface area contributed by atoms with Gasteiger partial charge in [0.2, 0.25) is 5.91 Å². The average molecular weight is 478 g/mol. The summed E-state index contributed by atoms with van der Waals surface area (Å²) in [6.45, 7) is 5.29. The standard InChI is InChI=1S/C25H29Cl2NO4/c1-4-21(15(2)29)28-23(16-8-10-18(26)11-9-16)20(17-6-5-7-19(27)12-17)13-25(3,24(28)32)14-22(30)31/h5-12,15,20-21,23,29H,4,13-14H2,1-3H3,(H,30,31)/t15-,20+,21+,23?,25+/m0/s1. The van der Waals surface area contributed by atoms with Crippen LogP contribution in [-0.2, 0) is 9.59 Å². The summed E-state index contributed by atoms with van der Waals surface area (Å²) in [5, 5.41) is 21.3. The Morgan fingerprint density at radius 1 is 1.16 bits per heavy atom. The lowest BCUT2D eigenvalue weighted by Crippen LogP contribution is -2.58. The van der Waals surface area contributed by atoms with Crippen molar-refractivity contribution >= 4 is 35.1 Å². The fourth-order valence-corrected chi connectivity index (χ4v) is 5.34. The van der Waals surface area contributed by atoms with Crippen LogP contribution in [-0.4, -0.2) is 39.1 Å². The number of benzene rings is 2. The predicted molar refractivity (Wildman–Crippen MR) is 126 cm³/mol. The van der Waals surface area contributed by atoms with Gasteiger partial charge in [-0.05, 0) is 55.2 Å². The van der Waals surface area contributed by atoms with Crippen LogP contribution in [0.25, 0.3) is 0 Å². The first kappa shape index (κ1) is 24.6. The number of aliphatic hydroxyl groups is 1. The van der Waals surface area contributed by atoms with Crippen molar-refractivity contribution in [3.8, 4) is 0 Å². The molecule has 1 aliphatic heterocycles. The highest BCUT2D eigenvalue weighted by atomic mass is 35.5. The number of carbonyl (C=O) groups excluding carboxylic acids is 1. The highest BCUT2D eigenvalue weighted by molar-refractivity contribution is 6.30. The van der Waals surface area contributed by atoms with E-state index < -0.39 is 29.6 Å². The van der Waals surface area contributed by atoms with Gasteiger partial charge in [-0.2, -0.15) is 0 Å². The first-order valence-corrected chi connectivity index (χ1v) is 11.6. The van der Waals surface area contributed by atoms with E-state index in [2.05, 4.69) is 0 Å². The van der Waals surface area contributed by atoms with Gasteiger partial charge >= 0.3 is 5.97 Å². The number of amides is 1. The molecule has 2 N–H and O–H groups in total. The van der Waals surface area contributed by atoms with Crippen LogP contribution in [0.3, 0.4) is 0 Å². The topological polar surface area (TPSA) is 77.8 Å². The van der Waals surface area contributed by atoms with Crippen LogP contribution in [0, 0.1) is 5.41 Å². The number of likely N-dealkylation sites (tertiary alicyclic amines) is 1. The molecule has 7 heteroatoms. The van der Waals surface area contributed by atoms with Crippen molar-refractivity contribution in [2.24, 2.45) is 5.41 Å². The Labute approximate surface area is 199 Å². The first-order valence-electron chi connectivity index (χ1n) is 10.8. The lowest BCUT2D eigenvalue weighted by Gasteiger charge is -2.52. The molecule has 1 saturated heterocycles. The number of aliphatic carboxylic acids is 1. The van der Waals surface area contributed by atoms with Crippen LogP contribution in [0.15, 0.2) is 48.5 Å². The van der Waals surface area contributed by atoms with Gasteiger partial charge in [0, 0.05) is 16.0 Å². The van der Waals surface area contributed by atoms with Crippen LogP contribution in [0.1, 0.15) is 63.1 Å². The SMILES string of the molecule is CC[C@H]([C@H](C)O)N1C(=O)[C@@](C)(CC(=O)O)C[C@H](c2cccc(Cl)c2)C1c1ccc(Cl)cc1. The number of hydrogen-bond acceptors (Lipinski definition) is 3. The molecule has 2 aromatic rings. The Morgan fingerprint density at radius 2 is 1.81 bits per heavy atom. The molecule has 32 heavy (non-hydrogen) atoms. The van der Waals surface area contributed by atoms with Gasteiger partial charge in [0.25, 0.3) is 0 Å². The van der Waals surface area contributed by atoms with Gasteiger partial charge < -0.3 is 15.1 Å². The molecule has 172 valence electrons. The van der Waals surface area contributed by atoms with E-state index >= 15 is 0 Å². The number of carbonyl (C=O) groups is 2. The Balaban J connectivity index is 2.25. The molecule has 5 atom stereocenters. The maximum atomic E-state index is 13.9. The molecule has 1 aliphatic rings. The van der Waals surface area contributed by atoms with E-state index in [4.69, 9.17) is 23.2 Å². The normalized spacial score (nSPS) is 25.4. The monoisotopic (exact) mass is 477 g/mol. The van der Waals surface area contributed by atoms with E-state index in [1.54, 1.807) is 36.9 Å². The maximum Gasteiger partial charge on any atom is 0.304 e. The summed E-state index contributed by atoms with van der Waals surface area (Å²) >= 11 is 12.4. The molecule has 3 rings (SSSR count). The largest absolute Gasteiger partial charge is 0.481 e. The van der Waals surface area contributed by atoms with E-state index in [0.29, 0.717) is 22.9 Å². The number of halogens is 2. The highest BCUT2D eigenvalue weighted by Crippen LogP contribution is 2.52. The van der Waals surface area contributed by atoms with Gasteiger partial charge in [0.15, 0.2) is 0 Å². The summed E-state index contributed by atoms with van der Waals surface area (Å²) in [7, 11) is 0. The van der Waals surface area contributed by atoms with Crippen molar-refractivity contribution in [1.29, 1.82) is 0 Å². The molecule has 1 amide bonds. The van der Waals surface area contributed by atoms with E-state index in [1.165, 1.54) is 0 Å². The minimum Gasteiger partial charge on any atom is -0.481 e. The number of hydrogen-bond donors (Lipinski definition) is 2. The summed E-state index contributed by atoms with van der Waals surface area (Å²) in [6, 6.07) is 13.9. The summed E-state index contributed by atoms with van der Waals surface area (Å²) in [6.07, 6.45) is -0.202. The molecule has 0 aromatic heterocycles. The maximum absolute atomic E-state index is 13.9. The van der Waals surface area contributed by atoms with Crippen LogP contribution >= 0.6 is 23.2 Å². The van der Waals surface area contributed by atoms with Crippen LogP contribution < -0.4 is 0 Å². The van der Waals surface area contributed by atoms with Gasteiger partial charge in [-0.3, -0.25) is 9.59 Å². The van der Waals surface area contributed by atoms with Gasteiger partial charge in [0.05, 0.1) is 30.0 Å². The Morgan fingerprint density at radius 3 is 2.34 bits per heavy atom. The zero-order valence-corrected chi connectivity index (χ0v) is 20.0. The summed E-state index contributed by atoms with van der Waals surface area (Å²) in [4.78, 5) is 27.3. The molecule has 0 bridgehead atoms. The van der Waals surface area contributed by atoms with E-state index in [-0.39, 0.29) is 18.2 Å². The number of piperidine rings is 1. The van der Waals surface area contributed by atoms with E-state index in [1.807, 2.05) is 37.3 Å². The lowest BCUT2D eigenvalue weighted by atomic mass is 9.67. The van der Waals surface area contributed by atoms with Crippen molar-refractivity contribution in [3.05, 3.63) is 69.7 Å². The number of rotatable bonds is 7. The number of aliphatic hydroxyl groups excluding tert-OH is 1. The quantitative estimate of drug-likeness (QED) is 0.536. The second-order valence-corrected chi connectivity index (χ2v) is 9.79. The van der Waals surface area contributed by atoms with Crippen molar-refractivity contribution in [2.75, 3.05) is 0 Å². The highest BCUT2D eigenvalue weighted by Gasteiger charge is 2.52. The Hall–Kier alpha value is -2.08. The third kappa shape index (κ3) is 4.95. The van der Waals surface area contributed by atoms with Crippen molar-refractivity contribution in [2.45, 2.75) is 64.1 Å². The smallest absolute Gasteiger partial charge is 0.304 e. The van der Waals surface area contributed by atoms with E-state index in [9.17, 15) is 19.8 Å². The predicted octanol–water partition coefficient (Wildman–Crippen LogP) is 5.69. The third-order valence-corrected chi connectivity index (χ3v) is 6.95. The molecule has 0 radical (unpaired) electrons. The second-order valence-electron chi connectivity index (χ2n) is 8.92. The number of nitrogens with zero attached hydrogens (tertiary/aromatic N) is 1. The van der Waals surface area contributed by atoms with Gasteiger partial charge in [-0.1, -0.05) is 61.3 Å². The fourth-order valence-electron chi connectivity index (χ4n) is 5.02. The Kier molecular flexibility index (Phi) is 7.53. The van der Waals surface area contributed by atoms with Crippen molar-refractivity contribution < 1.29 is 19.8 Å². The molecule has 0 aliphatic carbocycles. The number of carboxylic acids is 1. The molecule has 0 spiro atoms.